The molecule has 1 nitrogen and oxygen atoms in total. The van der Waals surface area contributed by atoms with E-state index in [1.807, 2.05) is 0 Å². The second-order valence-corrected chi connectivity index (χ2v) is 5.30. The normalized spacial score (nSPS) is 16.9. The van der Waals surface area contributed by atoms with Crippen molar-refractivity contribution in [3.8, 4) is 0 Å². The van der Waals surface area contributed by atoms with Gasteiger partial charge in [0.05, 0.1) is 0 Å². The lowest BCUT2D eigenvalue weighted by Crippen LogP contribution is -2.11. The van der Waals surface area contributed by atoms with E-state index >= 15 is 0 Å². The van der Waals surface area contributed by atoms with Crippen molar-refractivity contribution >= 4 is 21.6 Å². The molecule has 0 aromatic heterocycles. The Kier molecular flexibility index (Phi) is 3.68. The summed E-state index contributed by atoms with van der Waals surface area (Å²) in [5.74, 6) is 0.892. The topological polar surface area (TPSA) is 12.0 Å². The highest BCUT2D eigenvalue weighted by Gasteiger charge is 2.14. The van der Waals surface area contributed by atoms with E-state index in [9.17, 15) is 0 Å². The molecule has 0 bridgehead atoms. The molecule has 1 aliphatic carbocycles. The highest BCUT2D eigenvalue weighted by atomic mass is 79.9. The first-order valence-corrected chi connectivity index (χ1v) is 6.55. The fraction of sp³-hybridized carbons (Fsp3) is 0.538. The summed E-state index contributed by atoms with van der Waals surface area (Å²) in [5.41, 5.74) is 2.59. The summed E-state index contributed by atoms with van der Waals surface area (Å²) in [6.07, 6.45) is 5.65. The predicted molar refractivity (Wildman–Crippen MR) is 69.3 cm³/mol. The number of nitrogens with one attached hydrogen (secondary N) is 1. The van der Waals surface area contributed by atoms with E-state index in [4.69, 9.17) is 0 Å². The minimum absolute atomic E-state index is 0.892. The predicted octanol–water partition coefficient (Wildman–Crippen LogP) is 4.36. The van der Waals surface area contributed by atoms with Crippen molar-refractivity contribution in [3.05, 3.63) is 28.2 Å². The van der Waals surface area contributed by atoms with Crippen molar-refractivity contribution < 1.29 is 0 Å². The van der Waals surface area contributed by atoms with Crippen molar-refractivity contribution in [1.82, 2.24) is 0 Å². The number of hydrogen-bond donors (Lipinski definition) is 1. The van der Waals surface area contributed by atoms with Crippen LogP contribution in [0.1, 0.15) is 31.2 Å². The smallest absolute Gasteiger partial charge is 0.0381 e. The monoisotopic (exact) mass is 267 g/mol. The molecule has 0 aliphatic heterocycles. The first-order chi connectivity index (χ1) is 7.27. The Morgan fingerprint density at radius 1 is 1.33 bits per heavy atom. The molecule has 0 unspecified atom stereocenters. The van der Waals surface area contributed by atoms with Crippen LogP contribution in [0.2, 0.25) is 0 Å². The molecule has 1 aliphatic rings. The molecule has 0 amide bonds. The van der Waals surface area contributed by atoms with Crippen LogP contribution in [0.5, 0.6) is 0 Å². The molecule has 1 fully saturated rings. The van der Waals surface area contributed by atoms with Gasteiger partial charge >= 0.3 is 0 Å². The molecule has 82 valence electrons. The van der Waals surface area contributed by atoms with Crippen molar-refractivity contribution in [1.29, 1.82) is 0 Å². The summed E-state index contributed by atoms with van der Waals surface area (Å²) in [6.45, 7) is 3.29. The molecule has 0 heterocycles. The third kappa shape index (κ3) is 2.75. The standard InChI is InChI=1S/C13H18BrN/c1-10-12(14)7-4-8-13(10)15-9-11-5-2-3-6-11/h4,7-8,11,15H,2-3,5-6,9H2,1H3. The van der Waals surface area contributed by atoms with Gasteiger partial charge in [-0.05, 0) is 43.4 Å². The van der Waals surface area contributed by atoms with E-state index in [1.165, 1.54) is 41.4 Å². The SMILES string of the molecule is Cc1c(Br)cccc1NCC1CCCC1. The number of halogens is 1. The fourth-order valence-corrected chi connectivity index (χ4v) is 2.63. The van der Waals surface area contributed by atoms with Gasteiger partial charge in [-0.3, -0.25) is 0 Å². The maximum absolute atomic E-state index is 3.57. The van der Waals surface area contributed by atoms with E-state index in [-0.39, 0.29) is 0 Å². The number of anilines is 1. The van der Waals surface area contributed by atoms with Crippen molar-refractivity contribution in [2.24, 2.45) is 5.92 Å². The third-order valence-electron chi connectivity index (χ3n) is 3.32. The van der Waals surface area contributed by atoms with E-state index < -0.39 is 0 Å². The average molecular weight is 268 g/mol. The van der Waals surface area contributed by atoms with Crippen LogP contribution in [0.25, 0.3) is 0 Å². The van der Waals surface area contributed by atoms with Gasteiger partial charge in [-0.2, -0.15) is 0 Å². The zero-order chi connectivity index (χ0) is 10.7. The van der Waals surface area contributed by atoms with Gasteiger partial charge in [-0.1, -0.05) is 34.8 Å². The highest BCUT2D eigenvalue weighted by Crippen LogP contribution is 2.27. The molecule has 0 atom stereocenters. The van der Waals surface area contributed by atoms with Gasteiger partial charge < -0.3 is 5.32 Å². The molecule has 2 rings (SSSR count). The second kappa shape index (κ2) is 5.02. The second-order valence-electron chi connectivity index (χ2n) is 4.44. The van der Waals surface area contributed by atoms with E-state index in [2.05, 4.69) is 46.4 Å². The zero-order valence-electron chi connectivity index (χ0n) is 9.22. The molecule has 1 aromatic rings. The van der Waals surface area contributed by atoms with Gasteiger partial charge in [0.1, 0.15) is 0 Å². The van der Waals surface area contributed by atoms with Crippen LogP contribution in [0.4, 0.5) is 5.69 Å². The Bertz CT molecular complexity index is 329. The van der Waals surface area contributed by atoms with Gasteiger partial charge in [-0.15, -0.1) is 0 Å². The summed E-state index contributed by atoms with van der Waals surface area (Å²) >= 11 is 3.56. The molecule has 2 heteroatoms. The zero-order valence-corrected chi connectivity index (χ0v) is 10.8. The van der Waals surface area contributed by atoms with Crippen LogP contribution in [-0.4, -0.2) is 6.54 Å². The van der Waals surface area contributed by atoms with Gasteiger partial charge in [0.2, 0.25) is 0 Å². The van der Waals surface area contributed by atoms with Crippen LogP contribution in [0, 0.1) is 12.8 Å². The van der Waals surface area contributed by atoms with E-state index in [0.717, 1.165) is 12.5 Å². The van der Waals surface area contributed by atoms with Gasteiger partial charge in [-0.25, -0.2) is 0 Å². The van der Waals surface area contributed by atoms with Gasteiger partial charge in [0.15, 0.2) is 0 Å². The Balaban J connectivity index is 1.95. The van der Waals surface area contributed by atoms with Crippen molar-refractivity contribution in [2.45, 2.75) is 32.6 Å². The summed E-state index contributed by atoms with van der Waals surface area (Å²) in [7, 11) is 0. The largest absolute Gasteiger partial charge is 0.385 e. The van der Waals surface area contributed by atoms with E-state index in [0.29, 0.717) is 0 Å². The Morgan fingerprint density at radius 2 is 2.07 bits per heavy atom. The van der Waals surface area contributed by atoms with Crippen LogP contribution in [-0.2, 0) is 0 Å². The van der Waals surface area contributed by atoms with Gasteiger partial charge in [0, 0.05) is 16.7 Å². The highest BCUT2D eigenvalue weighted by molar-refractivity contribution is 9.10. The third-order valence-corrected chi connectivity index (χ3v) is 4.18. The maximum atomic E-state index is 3.57. The number of benzene rings is 1. The molecule has 15 heavy (non-hydrogen) atoms. The Labute approximate surface area is 100 Å². The first-order valence-electron chi connectivity index (χ1n) is 5.76. The van der Waals surface area contributed by atoms with Crippen molar-refractivity contribution in [2.75, 3.05) is 11.9 Å². The quantitative estimate of drug-likeness (QED) is 0.858. The van der Waals surface area contributed by atoms with Crippen LogP contribution >= 0.6 is 15.9 Å². The Morgan fingerprint density at radius 3 is 2.80 bits per heavy atom. The molecule has 0 spiro atoms. The lowest BCUT2D eigenvalue weighted by Gasteiger charge is -2.14. The Hall–Kier alpha value is -0.500. The minimum atomic E-state index is 0.892. The lowest BCUT2D eigenvalue weighted by atomic mass is 10.1. The molecule has 0 saturated heterocycles. The molecular weight excluding hydrogens is 250 g/mol. The number of hydrogen-bond acceptors (Lipinski definition) is 1. The summed E-state index contributed by atoms with van der Waals surface area (Å²) in [5, 5.41) is 3.57. The first kappa shape index (κ1) is 11.0. The van der Waals surface area contributed by atoms with Crippen LogP contribution < -0.4 is 5.32 Å². The molecule has 0 radical (unpaired) electrons. The summed E-state index contributed by atoms with van der Waals surface area (Å²) in [6, 6.07) is 6.35. The van der Waals surface area contributed by atoms with Crippen molar-refractivity contribution in [3.63, 3.8) is 0 Å². The molecule has 1 aromatic carbocycles. The number of rotatable bonds is 3. The van der Waals surface area contributed by atoms with Crippen LogP contribution in [0.15, 0.2) is 22.7 Å². The van der Waals surface area contributed by atoms with E-state index in [1.54, 1.807) is 0 Å². The summed E-state index contributed by atoms with van der Waals surface area (Å²) in [4.78, 5) is 0. The minimum Gasteiger partial charge on any atom is -0.385 e. The van der Waals surface area contributed by atoms with Gasteiger partial charge in [0.25, 0.3) is 0 Å². The summed E-state index contributed by atoms with van der Waals surface area (Å²) < 4.78 is 1.19. The average Bonchev–Trinajstić information content (AvgIpc) is 2.73. The molecule has 1 N–H and O–H groups in total. The lowest BCUT2D eigenvalue weighted by molar-refractivity contribution is 0.579. The molecular formula is C13H18BrN. The molecule has 1 saturated carbocycles. The maximum Gasteiger partial charge on any atom is 0.0381 e. The fourth-order valence-electron chi connectivity index (χ4n) is 2.27. The van der Waals surface area contributed by atoms with Crippen LogP contribution in [0.3, 0.4) is 0 Å².